The van der Waals surface area contributed by atoms with E-state index in [1.54, 1.807) is 38.2 Å². The van der Waals surface area contributed by atoms with E-state index in [4.69, 9.17) is 39.9 Å². The van der Waals surface area contributed by atoms with Crippen LogP contribution < -0.4 is 9.97 Å². The number of aromatic nitrogens is 8. The topological polar surface area (TPSA) is 241 Å². The normalized spacial score (nSPS) is 18.4. The minimum atomic E-state index is -4.60. The maximum absolute atomic E-state index is 12.5. The first-order valence-corrected chi connectivity index (χ1v) is 20.0. The molecule has 0 saturated heterocycles. The van der Waals surface area contributed by atoms with Gasteiger partial charge < -0.3 is 49.2 Å². The number of aliphatic hydroxyl groups is 2. The number of rotatable bonds is 9. The molecule has 2 aliphatic heterocycles. The van der Waals surface area contributed by atoms with Crippen molar-refractivity contribution in [2.75, 3.05) is 0 Å². The molecule has 0 spiro atoms. The molecule has 57 heavy (non-hydrogen) atoms. The molecule has 0 saturated carbocycles. The van der Waals surface area contributed by atoms with Crippen molar-refractivity contribution in [3.8, 4) is 0 Å². The van der Waals surface area contributed by atoms with E-state index >= 15 is 0 Å². The summed E-state index contributed by atoms with van der Waals surface area (Å²) in [6.45, 7) is 4.90. The summed E-state index contributed by atoms with van der Waals surface area (Å²) in [4.78, 5) is 38.5. The van der Waals surface area contributed by atoms with Crippen LogP contribution in [0.1, 0.15) is 55.2 Å². The van der Waals surface area contributed by atoms with Crippen LogP contribution in [-0.4, -0.2) is 77.4 Å². The second-order valence-corrected chi connectivity index (χ2v) is 16.5. The molecule has 5 N–H and O–H groups in total. The molecule has 7 rings (SSSR count). The van der Waals surface area contributed by atoms with Gasteiger partial charge in [0.25, 0.3) is 10.1 Å². The van der Waals surface area contributed by atoms with Crippen LogP contribution in [0.2, 0.25) is 0 Å². The summed E-state index contributed by atoms with van der Waals surface area (Å²) in [5, 5.41) is 20.7. The predicted molar refractivity (Wildman–Crippen MR) is 220 cm³/mol. The second-order valence-electron chi connectivity index (χ2n) is 12.8. The number of benzene rings is 1. The van der Waals surface area contributed by atoms with Crippen molar-refractivity contribution in [1.29, 1.82) is 0 Å². The van der Waals surface area contributed by atoms with Crippen molar-refractivity contribution < 1.29 is 51.8 Å². The predicted octanol–water partition coefficient (Wildman–Crippen LogP) is 7.26. The molecule has 15 nitrogen and oxygen atoms in total. The Labute approximate surface area is 347 Å². The number of nitrogens with zero attached hydrogens (tertiary/aromatic N) is 8. The number of fused-ring (bicyclic) bond motifs is 13. The third-order valence-electron chi connectivity index (χ3n) is 9.02. The van der Waals surface area contributed by atoms with Crippen LogP contribution >= 0.6 is 24.1 Å². The Kier molecular flexibility index (Phi) is 12.3. The largest absolute Gasteiger partial charge is 2.00 e. The van der Waals surface area contributed by atoms with Crippen LogP contribution in [0.15, 0.2) is 85.4 Å². The van der Waals surface area contributed by atoms with Gasteiger partial charge in [-0.25, -0.2) is 9.97 Å². The smallest absolute Gasteiger partial charge is 0.516 e. The molecule has 4 aromatic rings. The molecule has 3 aliphatic rings. The zero-order valence-corrected chi connectivity index (χ0v) is 35.9. The molecule has 3 aromatic heterocycles. The number of allylic oxidation sites excluding steroid dienone is 8. The molecule has 3 unspecified atom stereocenters. The summed E-state index contributed by atoms with van der Waals surface area (Å²) in [6, 6.07) is 7.27. The Morgan fingerprint density at radius 1 is 0.667 bits per heavy atom. The van der Waals surface area contributed by atoms with Crippen LogP contribution in [0.3, 0.4) is 0 Å². The molecular weight excluding hydrogens is 842 g/mol. The molecule has 19 heteroatoms. The Morgan fingerprint density at radius 3 is 1.63 bits per heavy atom. The Bertz CT molecular complexity index is 2810. The molecule has 286 valence electrons. The first-order valence-electron chi connectivity index (χ1n) is 16.9. The molecule has 8 bridgehead atoms. The zero-order chi connectivity index (χ0) is 39.8. The molecule has 5 heterocycles. The number of hydrogen-bond donors (Lipinski definition) is 5. The van der Waals surface area contributed by atoms with Crippen LogP contribution in [-0.2, 0) is 29.6 Å². The maximum Gasteiger partial charge on any atom is 2.00 e. The molecule has 1 aliphatic carbocycles. The fourth-order valence-corrected chi connectivity index (χ4v) is 6.73. The van der Waals surface area contributed by atoms with Gasteiger partial charge >= 0.3 is 19.5 Å². The van der Waals surface area contributed by atoms with Gasteiger partial charge in [0.05, 0.1) is 35.8 Å². The number of aliphatic hydroxyl groups excluding tert-OH is 2. The van der Waals surface area contributed by atoms with Gasteiger partial charge in [0, 0.05) is 55.4 Å². The zero-order valence-electron chi connectivity index (χ0n) is 30.5. The van der Waals surface area contributed by atoms with E-state index in [0.717, 1.165) is 12.5 Å². The molecule has 1 aromatic carbocycles. The van der Waals surface area contributed by atoms with Crippen LogP contribution in [0.25, 0.3) is 67.8 Å². The fourth-order valence-electron chi connectivity index (χ4n) is 5.96. The molecule has 0 fully saturated rings. The Morgan fingerprint density at radius 2 is 1.11 bits per heavy atom. The maximum atomic E-state index is 12.5. The van der Waals surface area contributed by atoms with E-state index in [9.17, 15) is 32.3 Å². The van der Waals surface area contributed by atoms with Gasteiger partial charge in [-0.05, 0) is 78.9 Å². The van der Waals surface area contributed by atoms with Gasteiger partial charge in [-0.3, -0.25) is 4.55 Å². The van der Waals surface area contributed by atoms with Crippen molar-refractivity contribution >= 4 is 102 Å². The first-order chi connectivity index (χ1) is 26.9. The van der Waals surface area contributed by atoms with Crippen molar-refractivity contribution in [3.05, 3.63) is 120 Å². The second kappa shape index (κ2) is 16.8. The van der Waals surface area contributed by atoms with Crippen LogP contribution in [0.5, 0.6) is 0 Å². The Hall–Kier alpha value is -5.01. The van der Waals surface area contributed by atoms with E-state index in [1.165, 1.54) is 43.4 Å². The first kappa shape index (κ1) is 41.6. The standard InChI is InChI=1S/C38H32N8O7S3.Zn/c1-20(54-49)8-10-24-29(15-19-48)37-43-32(24)42-35-27-13-17-38(3,56(51,52)53)16-12-26(27)34(46-35)40-30-22-6-4-5-7-23(22)31(39-30)41-36-28(14-18-47)25(33(44-36)45-37)11-9-21(2)55-50;/h4-21H,1-3H3,(H5-2,39,40,41,42,43,44,45,46,47,48,49,50,51,52,53);/q-2;+2/b10-8-,11-9-;. The van der Waals surface area contributed by atoms with Gasteiger partial charge in [-0.2, -0.15) is 8.42 Å². The van der Waals surface area contributed by atoms with E-state index < -0.39 is 14.9 Å². The summed E-state index contributed by atoms with van der Waals surface area (Å²) >= 11 is 1.25. The number of hydrogen-bond acceptors (Lipinski definition) is 14. The summed E-state index contributed by atoms with van der Waals surface area (Å²) in [7, 11) is -4.60. The van der Waals surface area contributed by atoms with E-state index in [1.807, 2.05) is 24.3 Å². The SMILES string of the molecule is CC(/C=C\C1=C(/C=C\O)c2nc1nc1[n-]c(nc3nc(nc4[n-]c(n2)c2ccccc42)C2=C3C=CC(C)(S(=O)(=O)O)C=C2)c(/C=C\C(C)SO)c1/C=C\O)SO.[Zn+2]. The average molecular weight is 874 g/mol. The van der Waals surface area contributed by atoms with Crippen LogP contribution in [0.4, 0.5) is 0 Å². The molecule has 3 atom stereocenters. The molecule has 0 radical (unpaired) electrons. The monoisotopic (exact) mass is 872 g/mol. The minimum absolute atomic E-state index is 0. The van der Waals surface area contributed by atoms with Crippen molar-refractivity contribution in [2.45, 2.75) is 36.0 Å². The van der Waals surface area contributed by atoms with Crippen molar-refractivity contribution in [3.63, 3.8) is 0 Å². The minimum Gasteiger partial charge on any atom is -0.516 e. The van der Waals surface area contributed by atoms with Gasteiger partial charge in [-0.1, -0.05) is 72.9 Å². The fraction of sp³-hybridized carbons (Fsp3) is 0.158. The van der Waals surface area contributed by atoms with Crippen LogP contribution in [0, 0.1) is 0 Å². The van der Waals surface area contributed by atoms with Gasteiger partial charge in [0.2, 0.25) is 0 Å². The van der Waals surface area contributed by atoms with E-state index in [0.29, 0.717) is 68.3 Å². The van der Waals surface area contributed by atoms with E-state index in [-0.39, 0.29) is 75.9 Å². The summed E-state index contributed by atoms with van der Waals surface area (Å²) < 4.78 is 52.8. The summed E-state index contributed by atoms with van der Waals surface area (Å²) in [6.07, 6.45) is 16.9. The summed E-state index contributed by atoms with van der Waals surface area (Å²) in [5.74, 6) is 0.502. The van der Waals surface area contributed by atoms with Gasteiger partial charge in [0.15, 0.2) is 0 Å². The van der Waals surface area contributed by atoms with Gasteiger partial charge in [0.1, 0.15) is 4.75 Å². The van der Waals surface area contributed by atoms with E-state index in [2.05, 4.69) is 0 Å². The average Bonchev–Trinajstić information content (AvgIpc) is 3.84. The third kappa shape index (κ3) is 8.09. The third-order valence-corrected chi connectivity index (χ3v) is 11.4. The van der Waals surface area contributed by atoms with Crippen molar-refractivity contribution in [1.82, 2.24) is 39.9 Å². The molecule has 0 amide bonds. The summed E-state index contributed by atoms with van der Waals surface area (Å²) in [5.41, 5.74) is 2.92. The quantitative estimate of drug-likeness (QED) is 0.0481. The molecular formula is C38H32N8O7S3Zn. The Balaban J connectivity index is 0.00000549. The van der Waals surface area contributed by atoms with Gasteiger partial charge in [-0.15, -0.1) is 0 Å². The van der Waals surface area contributed by atoms with Crippen molar-refractivity contribution in [2.24, 2.45) is 0 Å².